The van der Waals surface area contributed by atoms with Gasteiger partial charge in [-0.2, -0.15) is 0 Å². The minimum Gasteiger partial charge on any atom is -0.270 e. The molecule has 11 heavy (non-hydrogen) atoms. The number of rotatable bonds is 2. The summed E-state index contributed by atoms with van der Waals surface area (Å²) in [5, 5.41) is 3.66. The molecule has 0 saturated carbocycles. The van der Waals surface area contributed by atoms with Gasteiger partial charge in [0.1, 0.15) is 6.34 Å². The predicted molar refractivity (Wildman–Crippen MR) is 46.6 cm³/mol. The topological polar surface area (TPSA) is 45.0 Å². The van der Waals surface area contributed by atoms with Crippen LogP contribution in [0, 0.1) is 0 Å². The zero-order valence-corrected chi connectivity index (χ0v) is 7.84. The molecule has 0 saturated heterocycles. The second kappa shape index (κ2) is 2.81. The molecule has 0 radical (unpaired) electrons. The molecule has 0 aromatic rings. The van der Waals surface area contributed by atoms with Crippen molar-refractivity contribution in [2.75, 3.05) is 5.75 Å². The summed E-state index contributed by atoms with van der Waals surface area (Å²) in [5.41, 5.74) is 0. The lowest BCUT2D eigenvalue weighted by Crippen LogP contribution is -2.33. The molecule has 0 aliphatic carbocycles. The molecular formula is C6H13N3OS. The summed E-state index contributed by atoms with van der Waals surface area (Å²) in [7, 11) is -2.20. The van der Waals surface area contributed by atoms with Gasteiger partial charge >= 0.3 is 0 Å². The summed E-state index contributed by atoms with van der Waals surface area (Å²) in [6.45, 7) is 5.81. The van der Waals surface area contributed by atoms with Crippen molar-refractivity contribution in [3.05, 3.63) is 0 Å². The Morgan fingerprint density at radius 2 is 2.27 bits per heavy atom. The molecule has 0 amide bonds. The van der Waals surface area contributed by atoms with E-state index in [0.29, 0.717) is 5.75 Å². The summed E-state index contributed by atoms with van der Waals surface area (Å²) >= 11 is 0. The number of nitrogens with zero attached hydrogens (tertiary/aromatic N) is 3. The van der Waals surface area contributed by atoms with Crippen molar-refractivity contribution in [1.82, 2.24) is 4.31 Å². The van der Waals surface area contributed by atoms with E-state index in [1.165, 1.54) is 0 Å². The van der Waals surface area contributed by atoms with Gasteiger partial charge in [0.2, 0.25) is 0 Å². The first kappa shape index (κ1) is 8.52. The summed E-state index contributed by atoms with van der Waals surface area (Å²) in [6, 6.07) is 0.206. The Balaban J connectivity index is 2.94. The molecule has 0 aromatic carbocycles. The fourth-order valence-corrected chi connectivity index (χ4v) is 2.47. The Labute approximate surface area is 67.6 Å². The van der Waals surface area contributed by atoms with Gasteiger partial charge in [0.05, 0.1) is 0 Å². The lowest BCUT2D eigenvalue weighted by atomic mass is 10.4. The van der Waals surface area contributed by atoms with Gasteiger partial charge in [0.15, 0.2) is 9.92 Å². The lowest BCUT2D eigenvalue weighted by Gasteiger charge is -2.21. The fourth-order valence-electron chi connectivity index (χ4n) is 0.931. The summed E-state index contributed by atoms with van der Waals surface area (Å²) < 4.78 is 17.2. The Kier molecular flexibility index (Phi) is 2.17. The van der Waals surface area contributed by atoms with E-state index in [-0.39, 0.29) is 6.04 Å². The van der Waals surface area contributed by atoms with E-state index in [4.69, 9.17) is 0 Å². The third-order valence-corrected chi connectivity index (χ3v) is 3.83. The summed E-state index contributed by atoms with van der Waals surface area (Å²) in [6.07, 6.45) is 1.55. The molecule has 1 aliphatic heterocycles. The normalized spacial score (nSPS) is 29.6. The molecule has 1 aliphatic rings. The third kappa shape index (κ3) is 1.38. The molecule has 0 N–H and O–H groups in total. The van der Waals surface area contributed by atoms with Crippen LogP contribution in [0.5, 0.6) is 0 Å². The molecular weight excluding hydrogens is 162 g/mol. The van der Waals surface area contributed by atoms with Crippen LogP contribution in [-0.4, -0.2) is 26.6 Å². The molecule has 0 aromatic heterocycles. The first-order valence-corrected chi connectivity index (χ1v) is 5.30. The molecule has 1 heterocycles. The molecule has 0 spiro atoms. The van der Waals surface area contributed by atoms with Crippen LogP contribution >= 0.6 is 0 Å². The van der Waals surface area contributed by atoms with Gasteiger partial charge in [0, 0.05) is 11.8 Å². The molecule has 5 heteroatoms. The minimum atomic E-state index is -2.20. The molecule has 1 rings (SSSR count). The maximum Gasteiger partial charge on any atom is 0.155 e. The van der Waals surface area contributed by atoms with Crippen molar-refractivity contribution >= 4 is 16.3 Å². The van der Waals surface area contributed by atoms with Gasteiger partial charge in [-0.15, -0.1) is 5.10 Å². The Morgan fingerprint density at radius 3 is 2.64 bits per heavy atom. The van der Waals surface area contributed by atoms with Crippen molar-refractivity contribution in [1.29, 1.82) is 0 Å². The standard InChI is InChI=1S/C6H13N3OS/c1-4-11(10)8-7-5-9(11)6(2)3/h5-6H,4H2,1-3H3. The Hall–Kier alpha value is -0.580. The predicted octanol–water partition coefficient (Wildman–Crippen LogP) is 1.06. The van der Waals surface area contributed by atoms with Gasteiger partial charge in [-0.3, -0.25) is 4.31 Å². The van der Waals surface area contributed by atoms with Crippen molar-refractivity contribution in [2.24, 2.45) is 9.57 Å². The van der Waals surface area contributed by atoms with Crippen LogP contribution in [0.1, 0.15) is 20.8 Å². The van der Waals surface area contributed by atoms with Crippen LogP contribution < -0.4 is 0 Å². The largest absolute Gasteiger partial charge is 0.270 e. The van der Waals surface area contributed by atoms with Gasteiger partial charge in [-0.1, -0.05) is 11.4 Å². The van der Waals surface area contributed by atoms with Crippen molar-refractivity contribution in [3.63, 3.8) is 0 Å². The second-order valence-electron chi connectivity index (χ2n) is 2.66. The van der Waals surface area contributed by atoms with Crippen LogP contribution in [-0.2, 0) is 9.92 Å². The zero-order chi connectivity index (χ0) is 8.48. The van der Waals surface area contributed by atoms with E-state index in [0.717, 1.165) is 0 Å². The SMILES string of the molecule is CCS1(=O)=NN=CN1C(C)C. The highest BCUT2D eigenvalue weighted by atomic mass is 32.2. The monoisotopic (exact) mass is 175 g/mol. The lowest BCUT2D eigenvalue weighted by molar-refractivity contribution is 0.527. The molecule has 64 valence electrons. The third-order valence-electron chi connectivity index (χ3n) is 1.55. The zero-order valence-electron chi connectivity index (χ0n) is 7.02. The molecule has 1 atom stereocenters. The average Bonchev–Trinajstić information content (AvgIpc) is 2.32. The quantitative estimate of drug-likeness (QED) is 0.619. The first-order valence-electron chi connectivity index (χ1n) is 3.66. The number of hydrogen-bond acceptors (Lipinski definition) is 3. The highest BCUT2D eigenvalue weighted by Crippen LogP contribution is 2.13. The maximum absolute atomic E-state index is 11.8. The van der Waals surface area contributed by atoms with E-state index in [1.807, 2.05) is 20.8 Å². The fraction of sp³-hybridized carbons (Fsp3) is 0.833. The van der Waals surface area contributed by atoms with Gasteiger partial charge in [0.25, 0.3) is 0 Å². The van der Waals surface area contributed by atoms with Gasteiger partial charge in [-0.05, 0) is 13.8 Å². The van der Waals surface area contributed by atoms with Crippen LogP contribution in [0.25, 0.3) is 0 Å². The van der Waals surface area contributed by atoms with E-state index >= 15 is 0 Å². The van der Waals surface area contributed by atoms with Crippen LogP contribution in [0.4, 0.5) is 0 Å². The maximum atomic E-state index is 11.8. The number of hydrogen-bond donors (Lipinski definition) is 0. The summed E-state index contributed by atoms with van der Waals surface area (Å²) in [5.74, 6) is 0.533. The smallest absolute Gasteiger partial charge is 0.155 e. The van der Waals surface area contributed by atoms with Gasteiger partial charge < -0.3 is 0 Å². The molecule has 0 fully saturated rings. The van der Waals surface area contributed by atoms with E-state index in [9.17, 15) is 4.21 Å². The highest BCUT2D eigenvalue weighted by molar-refractivity contribution is 7.91. The minimum absolute atomic E-state index is 0.206. The summed E-state index contributed by atoms with van der Waals surface area (Å²) in [4.78, 5) is 0. The average molecular weight is 175 g/mol. The van der Waals surface area contributed by atoms with E-state index < -0.39 is 9.92 Å². The Bertz CT molecular complexity index is 276. The molecule has 4 nitrogen and oxygen atoms in total. The van der Waals surface area contributed by atoms with Crippen LogP contribution in [0.2, 0.25) is 0 Å². The van der Waals surface area contributed by atoms with Crippen molar-refractivity contribution in [3.8, 4) is 0 Å². The second-order valence-corrected chi connectivity index (χ2v) is 5.04. The van der Waals surface area contributed by atoms with Crippen molar-refractivity contribution < 1.29 is 4.21 Å². The van der Waals surface area contributed by atoms with Crippen LogP contribution in [0.15, 0.2) is 9.57 Å². The molecule has 0 bridgehead atoms. The molecule has 1 unspecified atom stereocenters. The van der Waals surface area contributed by atoms with Crippen LogP contribution in [0.3, 0.4) is 0 Å². The van der Waals surface area contributed by atoms with Gasteiger partial charge in [-0.25, -0.2) is 4.21 Å². The Morgan fingerprint density at radius 1 is 1.64 bits per heavy atom. The van der Waals surface area contributed by atoms with Crippen molar-refractivity contribution in [2.45, 2.75) is 26.8 Å². The van der Waals surface area contributed by atoms with E-state index in [2.05, 4.69) is 9.57 Å². The first-order chi connectivity index (χ1) is 5.10. The highest BCUT2D eigenvalue weighted by Gasteiger charge is 2.21. The van der Waals surface area contributed by atoms with E-state index in [1.54, 1.807) is 10.6 Å².